The van der Waals surface area contributed by atoms with E-state index in [1.807, 2.05) is 41.3 Å². The highest BCUT2D eigenvalue weighted by Gasteiger charge is 2.31. The molecule has 1 saturated heterocycles. The van der Waals surface area contributed by atoms with Gasteiger partial charge in [-0.1, -0.05) is 48.5 Å². The van der Waals surface area contributed by atoms with Crippen LogP contribution >= 0.6 is 0 Å². The molecule has 3 aromatic rings. The highest BCUT2D eigenvalue weighted by molar-refractivity contribution is 6.09. The predicted octanol–water partition coefficient (Wildman–Crippen LogP) is 5.06. The molecule has 1 fully saturated rings. The van der Waals surface area contributed by atoms with Crippen molar-refractivity contribution < 1.29 is 19.1 Å². The Morgan fingerprint density at radius 1 is 0.750 bits per heavy atom. The first kappa shape index (κ1) is 20.3. The molecule has 3 aromatic carbocycles. The molecule has 0 N–H and O–H groups in total. The van der Waals surface area contributed by atoms with Crippen molar-refractivity contribution in [3.05, 3.63) is 95.1 Å². The summed E-state index contributed by atoms with van der Waals surface area (Å²) in [7, 11) is 0. The van der Waals surface area contributed by atoms with Crippen molar-refractivity contribution >= 4 is 11.7 Å². The van der Waals surface area contributed by atoms with Crippen LogP contribution in [0.1, 0.15) is 57.1 Å². The van der Waals surface area contributed by atoms with Gasteiger partial charge in [-0.3, -0.25) is 9.59 Å². The first-order valence-electron chi connectivity index (χ1n) is 11.1. The molecule has 2 heterocycles. The third-order valence-electron chi connectivity index (χ3n) is 6.10. The van der Waals surface area contributed by atoms with E-state index in [1.165, 1.54) is 0 Å². The Labute approximate surface area is 187 Å². The van der Waals surface area contributed by atoms with E-state index in [-0.39, 0.29) is 17.7 Å². The van der Waals surface area contributed by atoms with E-state index in [0.717, 1.165) is 36.3 Å². The van der Waals surface area contributed by atoms with Crippen molar-refractivity contribution in [2.45, 2.75) is 25.3 Å². The molecule has 2 aliphatic rings. The zero-order chi connectivity index (χ0) is 21.9. The quantitative estimate of drug-likeness (QED) is 0.547. The molecule has 0 aliphatic carbocycles. The van der Waals surface area contributed by atoms with Gasteiger partial charge in [0, 0.05) is 29.7 Å². The van der Waals surface area contributed by atoms with Crippen LogP contribution in [-0.2, 0) is 0 Å². The molecule has 0 saturated carbocycles. The van der Waals surface area contributed by atoms with Crippen LogP contribution in [0.4, 0.5) is 0 Å². The lowest BCUT2D eigenvalue weighted by atomic mass is 10.0. The summed E-state index contributed by atoms with van der Waals surface area (Å²) in [6, 6.07) is 22.1. The van der Waals surface area contributed by atoms with Gasteiger partial charge in [0.15, 0.2) is 17.3 Å². The number of benzene rings is 3. The topological polar surface area (TPSA) is 55.8 Å². The zero-order valence-corrected chi connectivity index (χ0v) is 17.8. The number of hydrogen-bond acceptors (Lipinski definition) is 4. The van der Waals surface area contributed by atoms with E-state index in [1.54, 1.807) is 36.4 Å². The summed E-state index contributed by atoms with van der Waals surface area (Å²) >= 11 is 0. The summed E-state index contributed by atoms with van der Waals surface area (Å²) in [4.78, 5) is 27.9. The van der Waals surface area contributed by atoms with Crippen LogP contribution < -0.4 is 9.47 Å². The van der Waals surface area contributed by atoms with Gasteiger partial charge in [0.05, 0.1) is 19.3 Å². The monoisotopic (exact) mass is 427 g/mol. The molecule has 2 aliphatic heterocycles. The second kappa shape index (κ2) is 8.87. The van der Waals surface area contributed by atoms with Crippen molar-refractivity contribution in [1.82, 2.24) is 4.90 Å². The van der Waals surface area contributed by atoms with Crippen molar-refractivity contribution in [1.29, 1.82) is 0 Å². The third kappa shape index (κ3) is 3.98. The average molecular weight is 428 g/mol. The Morgan fingerprint density at radius 3 is 2.22 bits per heavy atom. The van der Waals surface area contributed by atoms with E-state index in [4.69, 9.17) is 9.47 Å². The molecule has 162 valence electrons. The fourth-order valence-corrected chi connectivity index (χ4v) is 4.43. The van der Waals surface area contributed by atoms with Gasteiger partial charge in [-0.2, -0.15) is 0 Å². The fraction of sp³-hybridized carbons (Fsp3) is 0.259. The van der Waals surface area contributed by atoms with E-state index in [9.17, 15) is 9.59 Å². The molecule has 0 bridgehead atoms. The molecule has 1 atom stereocenters. The largest absolute Gasteiger partial charge is 0.490 e. The maximum Gasteiger partial charge on any atom is 0.254 e. The molecule has 32 heavy (non-hydrogen) atoms. The minimum Gasteiger partial charge on any atom is -0.490 e. The van der Waals surface area contributed by atoms with Gasteiger partial charge in [-0.15, -0.1) is 0 Å². The van der Waals surface area contributed by atoms with Gasteiger partial charge in [-0.05, 0) is 42.7 Å². The number of likely N-dealkylation sites (tertiary alicyclic amines) is 1. The van der Waals surface area contributed by atoms with Gasteiger partial charge in [0.2, 0.25) is 0 Å². The Kier molecular flexibility index (Phi) is 5.63. The van der Waals surface area contributed by atoms with E-state index >= 15 is 0 Å². The van der Waals surface area contributed by atoms with E-state index in [2.05, 4.69) is 0 Å². The van der Waals surface area contributed by atoms with E-state index < -0.39 is 0 Å². The molecule has 0 unspecified atom stereocenters. The summed E-state index contributed by atoms with van der Waals surface area (Å²) < 4.78 is 11.6. The highest BCUT2D eigenvalue weighted by Crippen LogP contribution is 2.38. The fourth-order valence-electron chi connectivity index (χ4n) is 4.43. The second-order valence-corrected chi connectivity index (χ2v) is 8.19. The minimum absolute atomic E-state index is 0.00489. The van der Waals surface area contributed by atoms with Crippen LogP contribution in [0.2, 0.25) is 0 Å². The number of nitrogens with zero attached hydrogens (tertiary/aromatic N) is 1. The molecular formula is C27H25NO4. The molecule has 5 heteroatoms. The van der Waals surface area contributed by atoms with Crippen LogP contribution in [0.3, 0.4) is 0 Å². The maximum atomic E-state index is 13.3. The van der Waals surface area contributed by atoms with Gasteiger partial charge < -0.3 is 14.4 Å². The number of ketones is 1. The molecule has 0 aromatic heterocycles. The van der Waals surface area contributed by atoms with Crippen molar-refractivity contribution in [2.75, 3.05) is 19.8 Å². The molecule has 1 amide bonds. The molecular weight excluding hydrogens is 402 g/mol. The number of carbonyl (C=O) groups is 2. The minimum atomic E-state index is -0.0455. The Balaban J connectivity index is 1.35. The summed E-state index contributed by atoms with van der Waals surface area (Å²) in [5.74, 6) is 1.46. The summed E-state index contributed by atoms with van der Waals surface area (Å²) in [5, 5.41) is 0. The van der Waals surface area contributed by atoms with Crippen LogP contribution in [0.25, 0.3) is 0 Å². The van der Waals surface area contributed by atoms with Gasteiger partial charge >= 0.3 is 0 Å². The number of carbonyl (C=O) groups excluding carboxylic acids is 2. The lowest BCUT2D eigenvalue weighted by molar-refractivity contribution is 0.0735. The highest BCUT2D eigenvalue weighted by atomic mass is 16.5. The zero-order valence-electron chi connectivity index (χ0n) is 17.8. The predicted molar refractivity (Wildman–Crippen MR) is 121 cm³/mol. The van der Waals surface area contributed by atoms with Crippen molar-refractivity contribution in [2.24, 2.45) is 0 Å². The Bertz CT molecular complexity index is 1120. The van der Waals surface area contributed by atoms with Gasteiger partial charge in [0.25, 0.3) is 5.91 Å². The number of rotatable bonds is 4. The first-order valence-corrected chi connectivity index (χ1v) is 11.1. The maximum absolute atomic E-state index is 13.3. The van der Waals surface area contributed by atoms with Gasteiger partial charge in [-0.25, -0.2) is 0 Å². The molecule has 0 radical (unpaired) electrons. The van der Waals surface area contributed by atoms with Crippen molar-refractivity contribution in [3.8, 4) is 11.5 Å². The average Bonchev–Trinajstić information content (AvgIpc) is 3.22. The lowest BCUT2D eigenvalue weighted by Gasteiger charge is -2.26. The van der Waals surface area contributed by atoms with Crippen LogP contribution in [0, 0.1) is 0 Å². The molecule has 5 nitrogen and oxygen atoms in total. The van der Waals surface area contributed by atoms with E-state index in [0.29, 0.717) is 36.4 Å². The lowest BCUT2D eigenvalue weighted by Crippen LogP contribution is -2.30. The Hall–Kier alpha value is -3.60. The van der Waals surface area contributed by atoms with Crippen LogP contribution in [0.5, 0.6) is 11.5 Å². The summed E-state index contributed by atoms with van der Waals surface area (Å²) in [6.45, 7) is 2.00. The SMILES string of the molecule is O=C(c1ccccc1)c1ccc(C(=O)N2CCC[C@H]2c2ccc3c(c2)OCCCO3)cc1. The number of fused-ring (bicyclic) bond motifs is 1. The van der Waals surface area contributed by atoms with Crippen LogP contribution in [-0.4, -0.2) is 36.3 Å². The van der Waals surface area contributed by atoms with Crippen LogP contribution in [0.15, 0.2) is 72.8 Å². The standard InChI is InChI=1S/C27H25NO4/c29-26(19-6-2-1-3-7-19)20-9-11-21(12-10-20)27(30)28-15-4-8-23(28)22-13-14-24-25(18-22)32-17-5-16-31-24/h1-3,6-7,9-14,18,23H,4-5,8,15-17H2/t23-/m0/s1. The number of hydrogen-bond donors (Lipinski definition) is 0. The first-order chi connectivity index (χ1) is 15.7. The summed E-state index contributed by atoms with van der Waals surface area (Å²) in [6.07, 6.45) is 2.73. The van der Waals surface area contributed by atoms with Crippen molar-refractivity contribution in [3.63, 3.8) is 0 Å². The molecule has 5 rings (SSSR count). The number of ether oxygens (including phenoxy) is 2. The third-order valence-corrected chi connectivity index (χ3v) is 6.10. The molecule has 0 spiro atoms. The Morgan fingerprint density at radius 2 is 1.44 bits per heavy atom. The number of amides is 1. The van der Waals surface area contributed by atoms with Gasteiger partial charge in [0.1, 0.15) is 0 Å². The smallest absolute Gasteiger partial charge is 0.254 e. The second-order valence-electron chi connectivity index (χ2n) is 8.19. The summed E-state index contributed by atoms with van der Waals surface area (Å²) in [5.41, 5.74) is 2.88. The normalized spacial score (nSPS) is 17.6.